The molecular formula is C21H17BrO2. The van der Waals surface area contributed by atoms with Crippen LogP contribution in [0.1, 0.15) is 22.6 Å². The van der Waals surface area contributed by atoms with Gasteiger partial charge >= 0.3 is 5.97 Å². The van der Waals surface area contributed by atoms with E-state index >= 15 is 0 Å². The monoisotopic (exact) mass is 380 g/mol. The number of ether oxygens (including phenoxy) is 1. The van der Waals surface area contributed by atoms with E-state index in [2.05, 4.69) is 15.9 Å². The van der Waals surface area contributed by atoms with Crippen LogP contribution >= 0.6 is 15.9 Å². The molecule has 0 saturated carbocycles. The zero-order valence-electron chi connectivity index (χ0n) is 13.1. The number of halogens is 1. The maximum atomic E-state index is 12.8. The number of hydrogen-bond donors (Lipinski definition) is 0. The van der Waals surface area contributed by atoms with Crippen molar-refractivity contribution in [2.24, 2.45) is 0 Å². The highest BCUT2D eigenvalue weighted by Gasteiger charge is 2.24. The summed E-state index contributed by atoms with van der Waals surface area (Å²) < 4.78 is 5.63. The second-order valence-corrected chi connectivity index (χ2v) is 6.01. The lowest BCUT2D eigenvalue weighted by Crippen LogP contribution is -2.20. The summed E-state index contributed by atoms with van der Waals surface area (Å²) in [4.78, 5) is 12.8. The average molecular weight is 381 g/mol. The number of carbonyl (C=O) groups excluding carboxylic acids is 1. The van der Waals surface area contributed by atoms with Crippen LogP contribution in [0.2, 0.25) is 0 Å². The van der Waals surface area contributed by atoms with Gasteiger partial charge in [0.15, 0.2) is 0 Å². The number of hydrogen-bond acceptors (Lipinski definition) is 2. The zero-order chi connectivity index (χ0) is 16.8. The Morgan fingerprint density at radius 3 is 1.75 bits per heavy atom. The second-order valence-electron chi connectivity index (χ2n) is 5.45. The average Bonchev–Trinajstić information content (AvgIpc) is 2.64. The molecule has 0 bridgehead atoms. The van der Waals surface area contributed by atoms with Gasteiger partial charge in [-0.05, 0) is 28.8 Å². The van der Waals surface area contributed by atoms with Gasteiger partial charge in [-0.3, -0.25) is 4.79 Å². The van der Waals surface area contributed by atoms with Crippen LogP contribution in [0.3, 0.4) is 0 Å². The van der Waals surface area contributed by atoms with Gasteiger partial charge < -0.3 is 4.74 Å². The minimum absolute atomic E-state index is 0.279. The number of carbonyl (C=O) groups is 1. The van der Waals surface area contributed by atoms with Crippen molar-refractivity contribution in [1.82, 2.24) is 0 Å². The summed E-state index contributed by atoms with van der Waals surface area (Å²) in [6.07, 6.45) is 0. The first-order valence-electron chi connectivity index (χ1n) is 7.74. The van der Waals surface area contributed by atoms with Crippen LogP contribution in [0.5, 0.6) is 5.75 Å². The molecule has 3 heteroatoms. The fourth-order valence-corrected chi connectivity index (χ4v) is 2.95. The minimum Gasteiger partial charge on any atom is -0.426 e. The van der Waals surface area contributed by atoms with Crippen molar-refractivity contribution in [1.29, 1.82) is 0 Å². The SMILES string of the molecule is O=C(Oc1ccc(CBr)cc1)C(c1ccccc1)c1ccccc1. The topological polar surface area (TPSA) is 26.3 Å². The first-order chi connectivity index (χ1) is 11.8. The lowest BCUT2D eigenvalue weighted by Gasteiger charge is -2.17. The molecule has 0 aromatic heterocycles. The predicted molar refractivity (Wildman–Crippen MR) is 99.4 cm³/mol. The Morgan fingerprint density at radius 1 is 0.792 bits per heavy atom. The van der Waals surface area contributed by atoms with Gasteiger partial charge in [-0.2, -0.15) is 0 Å². The van der Waals surface area contributed by atoms with Crippen LogP contribution < -0.4 is 4.74 Å². The smallest absolute Gasteiger partial charge is 0.323 e. The first-order valence-corrected chi connectivity index (χ1v) is 8.86. The highest BCUT2D eigenvalue weighted by Crippen LogP contribution is 2.27. The third kappa shape index (κ3) is 3.92. The van der Waals surface area contributed by atoms with E-state index in [1.807, 2.05) is 84.9 Å². The van der Waals surface area contributed by atoms with Gasteiger partial charge in [0, 0.05) is 5.33 Å². The Hall–Kier alpha value is -2.39. The fourth-order valence-electron chi connectivity index (χ4n) is 2.58. The highest BCUT2D eigenvalue weighted by atomic mass is 79.9. The summed E-state index contributed by atoms with van der Waals surface area (Å²) in [5.74, 6) is -0.163. The number of benzene rings is 3. The van der Waals surface area contributed by atoms with Gasteiger partial charge in [0.2, 0.25) is 0 Å². The Labute approximate surface area is 150 Å². The van der Waals surface area contributed by atoms with Gasteiger partial charge in [-0.15, -0.1) is 0 Å². The molecule has 120 valence electrons. The molecule has 0 heterocycles. The van der Waals surface area contributed by atoms with E-state index in [1.165, 1.54) is 0 Å². The maximum absolute atomic E-state index is 12.8. The molecule has 0 aliphatic heterocycles. The quantitative estimate of drug-likeness (QED) is 0.340. The van der Waals surface area contributed by atoms with Gasteiger partial charge in [0.25, 0.3) is 0 Å². The van der Waals surface area contributed by atoms with Crippen molar-refractivity contribution in [2.45, 2.75) is 11.2 Å². The van der Waals surface area contributed by atoms with Crippen LogP contribution in [0, 0.1) is 0 Å². The third-order valence-electron chi connectivity index (χ3n) is 3.80. The maximum Gasteiger partial charge on any atom is 0.323 e. The standard InChI is InChI=1S/C21H17BrO2/c22-15-16-11-13-19(14-12-16)24-21(23)20(17-7-3-1-4-8-17)18-9-5-2-6-10-18/h1-14,20H,15H2. The van der Waals surface area contributed by atoms with Gasteiger partial charge in [0.1, 0.15) is 11.7 Å². The molecule has 0 radical (unpaired) electrons. The molecule has 3 aromatic carbocycles. The number of rotatable bonds is 5. The summed E-state index contributed by atoms with van der Waals surface area (Å²) in [5.41, 5.74) is 2.98. The molecule has 0 N–H and O–H groups in total. The van der Waals surface area contributed by atoms with E-state index in [-0.39, 0.29) is 5.97 Å². The Kier molecular flexibility index (Phi) is 5.44. The molecule has 0 aliphatic rings. The predicted octanol–water partition coefficient (Wildman–Crippen LogP) is 5.32. The van der Waals surface area contributed by atoms with Crippen molar-refractivity contribution in [2.75, 3.05) is 0 Å². The first kappa shape index (κ1) is 16.5. The lowest BCUT2D eigenvalue weighted by molar-refractivity contribution is -0.135. The van der Waals surface area contributed by atoms with Crippen molar-refractivity contribution in [3.05, 3.63) is 102 Å². The molecule has 24 heavy (non-hydrogen) atoms. The number of alkyl halides is 1. The Morgan fingerprint density at radius 2 is 1.29 bits per heavy atom. The van der Waals surface area contributed by atoms with E-state index < -0.39 is 5.92 Å². The Bertz CT molecular complexity index is 744. The van der Waals surface area contributed by atoms with Crippen molar-refractivity contribution < 1.29 is 9.53 Å². The molecule has 0 amide bonds. The number of esters is 1. The van der Waals surface area contributed by atoms with Gasteiger partial charge in [0.05, 0.1) is 0 Å². The molecule has 2 nitrogen and oxygen atoms in total. The molecule has 0 saturated heterocycles. The van der Waals surface area contributed by atoms with E-state index in [1.54, 1.807) is 0 Å². The summed E-state index contributed by atoms with van der Waals surface area (Å²) in [5, 5.41) is 0.776. The highest BCUT2D eigenvalue weighted by molar-refractivity contribution is 9.08. The molecule has 0 aliphatic carbocycles. The van der Waals surface area contributed by atoms with Gasteiger partial charge in [-0.25, -0.2) is 0 Å². The summed E-state index contributed by atoms with van der Waals surface area (Å²) in [6.45, 7) is 0. The van der Waals surface area contributed by atoms with Crippen molar-refractivity contribution in [3.63, 3.8) is 0 Å². The van der Waals surface area contributed by atoms with E-state index in [0.29, 0.717) is 5.75 Å². The van der Waals surface area contributed by atoms with Crippen LogP contribution in [0.15, 0.2) is 84.9 Å². The van der Waals surface area contributed by atoms with Crippen LogP contribution in [0.4, 0.5) is 0 Å². The summed E-state index contributed by atoms with van der Waals surface area (Å²) in [7, 11) is 0. The minimum atomic E-state index is -0.441. The summed E-state index contributed by atoms with van der Waals surface area (Å²) in [6, 6.07) is 26.9. The molecule has 3 aromatic rings. The molecule has 3 rings (SSSR count). The van der Waals surface area contributed by atoms with Crippen LogP contribution in [-0.2, 0) is 10.1 Å². The fraction of sp³-hybridized carbons (Fsp3) is 0.0952. The van der Waals surface area contributed by atoms with Crippen molar-refractivity contribution in [3.8, 4) is 5.75 Å². The van der Waals surface area contributed by atoms with Crippen LogP contribution in [-0.4, -0.2) is 5.97 Å². The third-order valence-corrected chi connectivity index (χ3v) is 4.45. The zero-order valence-corrected chi connectivity index (χ0v) is 14.6. The molecule has 0 fully saturated rings. The van der Waals surface area contributed by atoms with E-state index in [0.717, 1.165) is 22.0 Å². The molecule has 0 unspecified atom stereocenters. The Balaban J connectivity index is 1.89. The lowest BCUT2D eigenvalue weighted by atomic mass is 9.91. The molecule has 0 atom stereocenters. The second kappa shape index (κ2) is 7.93. The molecule has 0 spiro atoms. The van der Waals surface area contributed by atoms with E-state index in [9.17, 15) is 4.79 Å². The van der Waals surface area contributed by atoms with E-state index in [4.69, 9.17) is 4.74 Å². The van der Waals surface area contributed by atoms with Gasteiger partial charge in [-0.1, -0.05) is 88.7 Å². The van der Waals surface area contributed by atoms with Crippen LogP contribution in [0.25, 0.3) is 0 Å². The molecular weight excluding hydrogens is 364 g/mol. The normalized spacial score (nSPS) is 10.6. The summed E-state index contributed by atoms with van der Waals surface area (Å²) >= 11 is 3.41. The largest absolute Gasteiger partial charge is 0.426 e. The van der Waals surface area contributed by atoms with Crippen molar-refractivity contribution >= 4 is 21.9 Å².